The van der Waals surface area contributed by atoms with Crippen LogP contribution in [-0.2, 0) is 22.4 Å². The fraction of sp³-hybridized carbons (Fsp3) is 0.533. The average molecular weight is 249 g/mol. The van der Waals surface area contributed by atoms with E-state index in [-0.39, 0.29) is 12.0 Å². The molecular weight excluding hydrogens is 226 g/mol. The van der Waals surface area contributed by atoms with Crippen molar-refractivity contribution < 1.29 is 9.53 Å². The van der Waals surface area contributed by atoms with E-state index in [1.165, 1.54) is 24.7 Å². The molecule has 0 fully saturated rings. The van der Waals surface area contributed by atoms with E-state index in [9.17, 15) is 4.79 Å². The molecule has 1 unspecified atom stereocenters. The normalized spacial score (nSPS) is 12.2. The molecule has 1 atom stereocenters. The SMILES string of the molecule is CCCc1ccc(CC(CC(=O)OC)NC)cc1. The molecule has 100 valence electrons. The summed E-state index contributed by atoms with van der Waals surface area (Å²) in [5.41, 5.74) is 2.62. The number of esters is 1. The number of aryl methyl sites for hydroxylation is 1. The van der Waals surface area contributed by atoms with Crippen LogP contribution in [0.1, 0.15) is 30.9 Å². The van der Waals surface area contributed by atoms with E-state index < -0.39 is 0 Å². The molecule has 0 aliphatic heterocycles. The highest BCUT2D eigenvalue weighted by molar-refractivity contribution is 5.69. The number of benzene rings is 1. The van der Waals surface area contributed by atoms with Gasteiger partial charge >= 0.3 is 5.97 Å². The van der Waals surface area contributed by atoms with Gasteiger partial charge < -0.3 is 10.1 Å². The third-order valence-electron chi connectivity index (χ3n) is 3.09. The highest BCUT2D eigenvalue weighted by Crippen LogP contribution is 2.10. The molecule has 0 aliphatic rings. The summed E-state index contributed by atoms with van der Waals surface area (Å²) < 4.78 is 4.69. The number of nitrogens with one attached hydrogen (secondary N) is 1. The van der Waals surface area contributed by atoms with E-state index >= 15 is 0 Å². The van der Waals surface area contributed by atoms with Gasteiger partial charge in [0.2, 0.25) is 0 Å². The summed E-state index contributed by atoms with van der Waals surface area (Å²) in [5, 5.41) is 3.15. The highest BCUT2D eigenvalue weighted by atomic mass is 16.5. The summed E-state index contributed by atoms with van der Waals surface area (Å²) in [6, 6.07) is 8.77. The monoisotopic (exact) mass is 249 g/mol. The Labute approximate surface area is 110 Å². The molecule has 0 spiro atoms. The van der Waals surface area contributed by atoms with Gasteiger partial charge in [0.15, 0.2) is 0 Å². The summed E-state index contributed by atoms with van der Waals surface area (Å²) in [5.74, 6) is -0.169. The molecule has 0 bridgehead atoms. The van der Waals surface area contributed by atoms with E-state index in [0.29, 0.717) is 6.42 Å². The lowest BCUT2D eigenvalue weighted by molar-refractivity contribution is -0.141. The number of rotatable bonds is 7. The Bertz CT molecular complexity index is 359. The number of methoxy groups -OCH3 is 1. The van der Waals surface area contributed by atoms with Crippen LogP contribution in [-0.4, -0.2) is 26.2 Å². The Hall–Kier alpha value is -1.35. The molecule has 1 aromatic carbocycles. The lowest BCUT2D eigenvalue weighted by atomic mass is 10.0. The fourth-order valence-corrected chi connectivity index (χ4v) is 1.98. The summed E-state index contributed by atoms with van der Waals surface area (Å²) in [7, 11) is 3.30. The maximum atomic E-state index is 11.2. The van der Waals surface area contributed by atoms with Crippen LogP contribution >= 0.6 is 0 Å². The minimum atomic E-state index is -0.169. The zero-order valence-electron chi connectivity index (χ0n) is 11.5. The van der Waals surface area contributed by atoms with Crippen molar-refractivity contribution in [3.05, 3.63) is 35.4 Å². The predicted molar refractivity (Wildman–Crippen MR) is 73.6 cm³/mol. The summed E-state index contributed by atoms with van der Waals surface area (Å²) in [4.78, 5) is 11.2. The third-order valence-corrected chi connectivity index (χ3v) is 3.09. The van der Waals surface area contributed by atoms with Crippen LogP contribution in [0.4, 0.5) is 0 Å². The molecule has 1 aromatic rings. The van der Waals surface area contributed by atoms with Crippen molar-refractivity contribution in [2.45, 2.75) is 38.6 Å². The number of likely N-dealkylation sites (N-methyl/N-ethyl adjacent to an activating group) is 1. The molecular formula is C15H23NO2. The number of hydrogen-bond acceptors (Lipinski definition) is 3. The molecule has 18 heavy (non-hydrogen) atoms. The lowest BCUT2D eigenvalue weighted by Crippen LogP contribution is -2.30. The Morgan fingerprint density at radius 3 is 2.39 bits per heavy atom. The van der Waals surface area contributed by atoms with Crippen molar-refractivity contribution in [3.8, 4) is 0 Å². The van der Waals surface area contributed by atoms with Gasteiger partial charge in [0.1, 0.15) is 0 Å². The summed E-state index contributed by atoms with van der Waals surface area (Å²) >= 11 is 0. The van der Waals surface area contributed by atoms with Crippen molar-refractivity contribution in [2.75, 3.05) is 14.2 Å². The molecule has 0 heterocycles. The first-order valence-electron chi connectivity index (χ1n) is 6.51. The van der Waals surface area contributed by atoms with Crippen LogP contribution in [0.25, 0.3) is 0 Å². The number of hydrogen-bond donors (Lipinski definition) is 1. The smallest absolute Gasteiger partial charge is 0.307 e. The van der Waals surface area contributed by atoms with Crippen LogP contribution in [0.3, 0.4) is 0 Å². The quantitative estimate of drug-likeness (QED) is 0.754. The number of carbonyl (C=O) groups is 1. The Kier molecular flexibility index (Phi) is 6.44. The van der Waals surface area contributed by atoms with Crippen LogP contribution in [0.15, 0.2) is 24.3 Å². The molecule has 0 saturated heterocycles. The second kappa shape index (κ2) is 7.88. The lowest BCUT2D eigenvalue weighted by Gasteiger charge is -2.15. The average Bonchev–Trinajstić information content (AvgIpc) is 2.40. The Morgan fingerprint density at radius 2 is 1.89 bits per heavy atom. The maximum Gasteiger partial charge on any atom is 0.307 e. The van der Waals surface area contributed by atoms with E-state index in [1.54, 1.807) is 0 Å². The number of carbonyl (C=O) groups excluding carboxylic acids is 1. The van der Waals surface area contributed by atoms with E-state index in [0.717, 1.165) is 12.8 Å². The van der Waals surface area contributed by atoms with Gasteiger partial charge in [-0.3, -0.25) is 4.79 Å². The van der Waals surface area contributed by atoms with Gasteiger partial charge in [0.05, 0.1) is 13.5 Å². The molecule has 0 saturated carbocycles. The van der Waals surface area contributed by atoms with Crippen LogP contribution in [0.2, 0.25) is 0 Å². The summed E-state index contributed by atoms with van der Waals surface area (Å²) in [6.45, 7) is 2.18. The Balaban J connectivity index is 2.56. The predicted octanol–water partition coefficient (Wildman–Crippen LogP) is 2.33. The van der Waals surface area contributed by atoms with E-state index in [2.05, 4.69) is 36.5 Å². The Morgan fingerprint density at radius 1 is 1.28 bits per heavy atom. The third kappa shape index (κ3) is 4.88. The van der Waals surface area contributed by atoms with Crippen molar-refractivity contribution >= 4 is 5.97 Å². The van der Waals surface area contributed by atoms with Gasteiger partial charge in [0.25, 0.3) is 0 Å². The van der Waals surface area contributed by atoms with Crippen molar-refractivity contribution in [3.63, 3.8) is 0 Å². The zero-order valence-corrected chi connectivity index (χ0v) is 11.5. The molecule has 1 N–H and O–H groups in total. The van der Waals surface area contributed by atoms with Gasteiger partial charge in [-0.15, -0.1) is 0 Å². The molecule has 0 radical (unpaired) electrons. The van der Waals surface area contributed by atoms with Crippen LogP contribution in [0, 0.1) is 0 Å². The van der Waals surface area contributed by atoms with Gasteiger partial charge in [-0.05, 0) is 31.0 Å². The van der Waals surface area contributed by atoms with Gasteiger partial charge in [0, 0.05) is 6.04 Å². The first-order chi connectivity index (χ1) is 8.69. The second-order valence-corrected chi connectivity index (χ2v) is 4.54. The van der Waals surface area contributed by atoms with Crippen molar-refractivity contribution in [1.29, 1.82) is 0 Å². The van der Waals surface area contributed by atoms with Crippen molar-refractivity contribution in [1.82, 2.24) is 5.32 Å². The molecule has 0 aliphatic carbocycles. The molecule has 1 rings (SSSR count). The topological polar surface area (TPSA) is 38.3 Å². The van der Waals surface area contributed by atoms with E-state index in [1.807, 2.05) is 7.05 Å². The summed E-state index contributed by atoms with van der Waals surface area (Å²) in [6.07, 6.45) is 3.54. The first kappa shape index (κ1) is 14.7. The van der Waals surface area contributed by atoms with Gasteiger partial charge in [-0.25, -0.2) is 0 Å². The standard InChI is InChI=1S/C15H23NO2/c1-4-5-12-6-8-13(9-7-12)10-14(16-2)11-15(17)18-3/h6-9,14,16H,4-5,10-11H2,1-3H3. The minimum Gasteiger partial charge on any atom is -0.469 e. The first-order valence-corrected chi connectivity index (χ1v) is 6.51. The maximum absolute atomic E-state index is 11.2. The minimum absolute atomic E-state index is 0.134. The number of ether oxygens (including phenoxy) is 1. The van der Waals surface area contributed by atoms with Gasteiger partial charge in [-0.2, -0.15) is 0 Å². The van der Waals surface area contributed by atoms with Gasteiger partial charge in [-0.1, -0.05) is 37.6 Å². The molecule has 3 heteroatoms. The van der Waals surface area contributed by atoms with Crippen LogP contribution in [0.5, 0.6) is 0 Å². The fourth-order valence-electron chi connectivity index (χ4n) is 1.98. The molecule has 0 aromatic heterocycles. The second-order valence-electron chi connectivity index (χ2n) is 4.54. The zero-order chi connectivity index (χ0) is 13.4. The van der Waals surface area contributed by atoms with Crippen molar-refractivity contribution in [2.24, 2.45) is 0 Å². The highest BCUT2D eigenvalue weighted by Gasteiger charge is 2.12. The molecule has 3 nitrogen and oxygen atoms in total. The largest absolute Gasteiger partial charge is 0.469 e. The van der Waals surface area contributed by atoms with Crippen LogP contribution < -0.4 is 5.32 Å². The molecule has 0 amide bonds. The van der Waals surface area contributed by atoms with E-state index in [4.69, 9.17) is 4.74 Å².